The third-order valence-electron chi connectivity index (χ3n) is 4.76. The lowest BCUT2D eigenvalue weighted by Crippen LogP contribution is -2.39. The average molecular weight is 338 g/mol. The first-order valence-electron chi connectivity index (χ1n) is 8.34. The lowest BCUT2D eigenvalue weighted by Gasteiger charge is -2.37. The number of piperidine rings is 1. The molecule has 2 saturated heterocycles. The van der Waals surface area contributed by atoms with Crippen LogP contribution in [0.25, 0.3) is 0 Å². The van der Waals surface area contributed by atoms with Gasteiger partial charge in [-0.3, -0.25) is 4.31 Å². The van der Waals surface area contributed by atoms with E-state index in [9.17, 15) is 8.42 Å². The quantitative estimate of drug-likeness (QED) is 0.850. The minimum atomic E-state index is -3.15. The van der Waals surface area contributed by atoms with Crippen LogP contribution in [0, 0.1) is 11.8 Å². The monoisotopic (exact) mass is 338 g/mol. The van der Waals surface area contributed by atoms with Crippen LogP contribution in [0.4, 0.5) is 11.4 Å². The summed E-state index contributed by atoms with van der Waals surface area (Å²) in [6.45, 7) is 7.07. The van der Waals surface area contributed by atoms with Gasteiger partial charge in [-0.05, 0) is 42.9 Å². The molecule has 0 spiro atoms. The Morgan fingerprint density at radius 1 is 1.17 bits per heavy atom. The van der Waals surface area contributed by atoms with E-state index in [4.69, 9.17) is 4.74 Å². The Balaban J connectivity index is 1.97. The fourth-order valence-electron chi connectivity index (χ4n) is 3.87. The van der Waals surface area contributed by atoms with Crippen molar-refractivity contribution < 1.29 is 13.2 Å². The molecule has 3 rings (SSSR count). The van der Waals surface area contributed by atoms with Gasteiger partial charge in [0.2, 0.25) is 10.0 Å². The molecule has 0 aliphatic carbocycles. The minimum absolute atomic E-state index is 0.242. The van der Waals surface area contributed by atoms with Crippen molar-refractivity contribution in [1.29, 1.82) is 0 Å². The summed E-state index contributed by atoms with van der Waals surface area (Å²) >= 11 is 0. The van der Waals surface area contributed by atoms with Crippen LogP contribution in [0.3, 0.4) is 0 Å². The fraction of sp³-hybridized carbons (Fsp3) is 0.647. The third-order valence-corrected chi connectivity index (χ3v) is 6.63. The van der Waals surface area contributed by atoms with Gasteiger partial charge in [-0.2, -0.15) is 0 Å². The zero-order valence-electron chi connectivity index (χ0n) is 14.2. The number of methoxy groups -OCH3 is 1. The first kappa shape index (κ1) is 16.4. The van der Waals surface area contributed by atoms with E-state index in [1.165, 1.54) is 10.7 Å². The van der Waals surface area contributed by atoms with Gasteiger partial charge in [0.1, 0.15) is 5.75 Å². The summed E-state index contributed by atoms with van der Waals surface area (Å²) < 4.78 is 31.4. The van der Waals surface area contributed by atoms with Crippen molar-refractivity contribution >= 4 is 21.4 Å². The largest absolute Gasteiger partial charge is 0.495 e. The van der Waals surface area contributed by atoms with Crippen LogP contribution in [0.15, 0.2) is 18.2 Å². The number of ether oxygens (including phenoxy) is 1. The van der Waals surface area contributed by atoms with E-state index in [1.54, 1.807) is 7.11 Å². The Labute approximate surface area is 139 Å². The molecular weight excluding hydrogens is 312 g/mol. The van der Waals surface area contributed by atoms with E-state index >= 15 is 0 Å². The van der Waals surface area contributed by atoms with Gasteiger partial charge in [0.25, 0.3) is 0 Å². The highest BCUT2D eigenvalue weighted by molar-refractivity contribution is 7.93. The molecule has 6 heteroatoms. The maximum absolute atomic E-state index is 12.2. The highest BCUT2D eigenvalue weighted by atomic mass is 32.2. The van der Waals surface area contributed by atoms with Crippen LogP contribution in [-0.2, 0) is 10.0 Å². The molecule has 0 unspecified atom stereocenters. The summed E-state index contributed by atoms with van der Waals surface area (Å²) in [6.07, 6.45) is 1.93. The molecule has 23 heavy (non-hydrogen) atoms. The molecule has 2 heterocycles. The lowest BCUT2D eigenvalue weighted by atomic mass is 9.91. The van der Waals surface area contributed by atoms with Gasteiger partial charge in [-0.1, -0.05) is 13.8 Å². The molecule has 1 aromatic rings. The molecule has 2 fully saturated rings. The second-order valence-corrected chi connectivity index (χ2v) is 8.96. The average Bonchev–Trinajstić information content (AvgIpc) is 2.85. The van der Waals surface area contributed by atoms with E-state index in [0.29, 0.717) is 24.8 Å². The zero-order valence-corrected chi connectivity index (χ0v) is 15.0. The van der Waals surface area contributed by atoms with Gasteiger partial charge in [0, 0.05) is 19.6 Å². The van der Waals surface area contributed by atoms with Crippen molar-refractivity contribution in [2.45, 2.75) is 26.7 Å². The summed E-state index contributed by atoms with van der Waals surface area (Å²) in [5.74, 6) is 2.31. The number of benzene rings is 1. The van der Waals surface area contributed by atoms with Gasteiger partial charge >= 0.3 is 0 Å². The highest BCUT2D eigenvalue weighted by Gasteiger charge is 2.30. The first-order valence-corrected chi connectivity index (χ1v) is 9.95. The maximum Gasteiger partial charge on any atom is 0.235 e. The summed E-state index contributed by atoms with van der Waals surface area (Å²) in [4.78, 5) is 2.34. The first-order chi connectivity index (χ1) is 10.9. The smallest absolute Gasteiger partial charge is 0.235 e. The molecule has 5 nitrogen and oxygen atoms in total. The van der Waals surface area contributed by atoms with Crippen molar-refractivity contribution in [3.05, 3.63) is 18.2 Å². The number of rotatable bonds is 3. The van der Waals surface area contributed by atoms with E-state index in [1.807, 2.05) is 18.2 Å². The molecule has 0 saturated carbocycles. The second-order valence-electron chi connectivity index (χ2n) is 6.95. The predicted molar refractivity (Wildman–Crippen MR) is 93.9 cm³/mol. The molecule has 2 atom stereocenters. The van der Waals surface area contributed by atoms with Crippen molar-refractivity contribution in [3.8, 4) is 5.75 Å². The van der Waals surface area contributed by atoms with Gasteiger partial charge in [-0.25, -0.2) is 8.42 Å². The van der Waals surface area contributed by atoms with Crippen molar-refractivity contribution in [3.63, 3.8) is 0 Å². The van der Waals surface area contributed by atoms with Gasteiger partial charge < -0.3 is 9.64 Å². The normalized spacial score (nSPS) is 27.3. The van der Waals surface area contributed by atoms with Crippen LogP contribution in [0.2, 0.25) is 0 Å². The standard InChI is InChI=1S/C17H26N2O3S/c1-13-9-14(2)12-18(11-13)16-10-15(5-6-17(16)22-3)19-7-4-8-23(19,20)21/h5-6,10,13-14H,4,7-9,11-12H2,1-3H3/t13-,14+. The Kier molecular flexibility index (Phi) is 4.45. The number of nitrogens with zero attached hydrogens (tertiary/aromatic N) is 2. The molecule has 0 aromatic heterocycles. The number of sulfonamides is 1. The highest BCUT2D eigenvalue weighted by Crippen LogP contribution is 2.37. The van der Waals surface area contributed by atoms with E-state index in [0.717, 1.165) is 30.2 Å². The molecule has 0 N–H and O–H groups in total. The molecule has 0 radical (unpaired) electrons. The third kappa shape index (κ3) is 3.27. The Morgan fingerprint density at radius 2 is 1.87 bits per heavy atom. The maximum atomic E-state index is 12.2. The summed E-state index contributed by atoms with van der Waals surface area (Å²) in [5.41, 5.74) is 1.76. The SMILES string of the molecule is COc1ccc(N2CCCS2(=O)=O)cc1N1C[C@H](C)C[C@H](C)C1. The second kappa shape index (κ2) is 6.23. The lowest BCUT2D eigenvalue weighted by molar-refractivity contribution is 0.351. The number of hydrogen-bond acceptors (Lipinski definition) is 4. The summed E-state index contributed by atoms with van der Waals surface area (Å²) in [6, 6.07) is 5.72. The van der Waals surface area contributed by atoms with Crippen LogP contribution in [0.1, 0.15) is 26.7 Å². The Morgan fingerprint density at radius 3 is 2.43 bits per heavy atom. The van der Waals surface area contributed by atoms with Crippen LogP contribution >= 0.6 is 0 Å². The molecule has 128 valence electrons. The van der Waals surface area contributed by atoms with E-state index < -0.39 is 10.0 Å². The zero-order chi connectivity index (χ0) is 16.6. The Bertz CT molecular complexity index is 664. The Hall–Kier alpha value is -1.43. The summed E-state index contributed by atoms with van der Waals surface area (Å²) in [7, 11) is -1.49. The van der Waals surface area contributed by atoms with Crippen LogP contribution in [0.5, 0.6) is 5.75 Å². The van der Waals surface area contributed by atoms with Crippen molar-refractivity contribution in [2.24, 2.45) is 11.8 Å². The van der Waals surface area contributed by atoms with Crippen LogP contribution in [-0.4, -0.2) is 40.9 Å². The molecule has 2 aliphatic heterocycles. The van der Waals surface area contributed by atoms with Gasteiger partial charge in [0.15, 0.2) is 0 Å². The molecule has 2 aliphatic rings. The van der Waals surface area contributed by atoms with Crippen molar-refractivity contribution in [1.82, 2.24) is 0 Å². The molecule has 0 amide bonds. The topological polar surface area (TPSA) is 49.9 Å². The molecule has 1 aromatic carbocycles. The minimum Gasteiger partial charge on any atom is -0.495 e. The van der Waals surface area contributed by atoms with Crippen molar-refractivity contribution in [2.75, 3.05) is 41.7 Å². The molecular formula is C17H26N2O3S. The molecule has 0 bridgehead atoms. The van der Waals surface area contributed by atoms with Gasteiger partial charge in [0.05, 0.1) is 24.2 Å². The number of anilines is 2. The van der Waals surface area contributed by atoms with E-state index in [2.05, 4.69) is 18.7 Å². The van der Waals surface area contributed by atoms with Gasteiger partial charge in [-0.15, -0.1) is 0 Å². The number of hydrogen-bond donors (Lipinski definition) is 0. The fourth-order valence-corrected chi connectivity index (χ4v) is 5.43. The summed E-state index contributed by atoms with van der Waals surface area (Å²) in [5, 5.41) is 0. The predicted octanol–water partition coefficient (Wildman–Crippen LogP) is 2.72. The van der Waals surface area contributed by atoms with Crippen LogP contribution < -0.4 is 13.9 Å². The van der Waals surface area contributed by atoms with E-state index in [-0.39, 0.29) is 5.75 Å².